The Kier molecular flexibility index (Phi) is 5.33. The van der Waals surface area contributed by atoms with Gasteiger partial charge in [0.1, 0.15) is 11.5 Å². The minimum absolute atomic E-state index is 0.0397. The largest absolute Gasteiger partial charge is 0.455 e. The van der Waals surface area contributed by atoms with Crippen molar-refractivity contribution in [1.29, 1.82) is 0 Å². The molecule has 0 fully saturated rings. The van der Waals surface area contributed by atoms with Gasteiger partial charge in [0.05, 0.1) is 16.7 Å². The lowest BCUT2D eigenvalue weighted by Crippen LogP contribution is -2.17. The minimum atomic E-state index is -0.455. The van der Waals surface area contributed by atoms with E-state index in [1.165, 1.54) is 18.3 Å². The molecular formula is C19H14ClN3O4. The van der Waals surface area contributed by atoms with Crippen molar-refractivity contribution in [2.75, 3.05) is 0 Å². The number of carbonyl (C=O) groups is 1. The highest BCUT2D eigenvalue weighted by molar-refractivity contribution is 6.30. The molecule has 1 aromatic heterocycles. The maximum atomic E-state index is 12.0. The van der Waals surface area contributed by atoms with Crippen LogP contribution in [0, 0.1) is 17.0 Å². The first-order valence-corrected chi connectivity index (χ1v) is 8.26. The number of hydrazone groups is 1. The third-order valence-electron chi connectivity index (χ3n) is 3.69. The topological polar surface area (TPSA) is 97.7 Å². The van der Waals surface area contributed by atoms with Gasteiger partial charge >= 0.3 is 0 Å². The summed E-state index contributed by atoms with van der Waals surface area (Å²) in [4.78, 5) is 22.8. The lowest BCUT2D eigenvalue weighted by molar-refractivity contribution is -0.384. The van der Waals surface area contributed by atoms with Gasteiger partial charge in [0, 0.05) is 16.7 Å². The van der Waals surface area contributed by atoms with E-state index < -0.39 is 10.8 Å². The predicted octanol–water partition coefficient (Wildman–Crippen LogP) is 4.58. The van der Waals surface area contributed by atoms with Crippen molar-refractivity contribution in [3.8, 4) is 11.3 Å². The lowest BCUT2D eigenvalue weighted by Gasteiger charge is -2.01. The highest BCUT2D eigenvalue weighted by atomic mass is 35.5. The van der Waals surface area contributed by atoms with Crippen molar-refractivity contribution in [2.24, 2.45) is 5.10 Å². The molecule has 7 nitrogen and oxygen atoms in total. The van der Waals surface area contributed by atoms with Crippen LogP contribution in [0.1, 0.15) is 21.7 Å². The standard InChI is InChI=1S/C19H14ClN3O4/c1-12-5-7-16(17(9-12)23(25)26)18-8-6-15(27-18)11-21-22-19(24)13-3-2-4-14(20)10-13/h2-11H,1H3,(H,22,24)/b21-11-. The zero-order valence-corrected chi connectivity index (χ0v) is 14.9. The van der Waals surface area contributed by atoms with E-state index in [-0.39, 0.29) is 5.69 Å². The van der Waals surface area contributed by atoms with Crippen LogP contribution in [0.4, 0.5) is 5.69 Å². The second-order valence-corrected chi connectivity index (χ2v) is 6.13. The Morgan fingerprint density at radius 1 is 1.22 bits per heavy atom. The zero-order chi connectivity index (χ0) is 19.4. The highest BCUT2D eigenvalue weighted by Crippen LogP contribution is 2.31. The normalized spacial score (nSPS) is 10.9. The van der Waals surface area contributed by atoms with Crippen molar-refractivity contribution < 1.29 is 14.1 Å². The fourth-order valence-corrected chi connectivity index (χ4v) is 2.61. The van der Waals surface area contributed by atoms with Crippen LogP contribution < -0.4 is 5.43 Å². The molecule has 3 rings (SSSR count). The van der Waals surface area contributed by atoms with Gasteiger partial charge in [-0.3, -0.25) is 14.9 Å². The summed E-state index contributed by atoms with van der Waals surface area (Å²) in [5, 5.41) is 15.5. The van der Waals surface area contributed by atoms with Gasteiger partial charge in [0.2, 0.25) is 0 Å². The van der Waals surface area contributed by atoms with Crippen LogP contribution >= 0.6 is 11.6 Å². The number of nitrogens with zero attached hydrogens (tertiary/aromatic N) is 2. The fraction of sp³-hybridized carbons (Fsp3) is 0.0526. The summed E-state index contributed by atoms with van der Waals surface area (Å²) in [6.45, 7) is 1.78. The molecule has 0 aliphatic carbocycles. The predicted molar refractivity (Wildman–Crippen MR) is 102 cm³/mol. The van der Waals surface area contributed by atoms with Gasteiger partial charge in [0.15, 0.2) is 0 Å². The third kappa shape index (κ3) is 4.39. The number of nitro groups is 1. The number of furan rings is 1. The molecule has 0 atom stereocenters. The summed E-state index contributed by atoms with van der Waals surface area (Å²) in [7, 11) is 0. The number of halogens is 1. The van der Waals surface area contributed by atoms with E-state index in [9.17, 15) is 14.9 Å². The number of amides is 1. The summed E-state index contributed by atoms with van der Waals surface area (Å²) in [6, 6.07) is 14.6. The Morgan fingerprint density at radius 3 is 2.78 bits per heavy atom. The molecule has 1 N–H and O–H groups in total. The van der Waals surface area contributed by atoms with Crippen LogP contribution in [-0.2, 0) is 0 Å². The van der Waals surface area contributed by atoms with Gasteiger partial charge in [-0.15, -0.1) is 0 Å². The molecule has 0 saturated heterocycles. The third-order valence-corrected chi connectivity index (χ3v) is 3.92. The van der Waals surface area contributed by atoms with Crippen LogP contribution in [-0.4, -0.2) is 17.0 Å². The lowest BCUT2D eigenvalue weighted by atomic mass is 10.1. The number of benzene rings is 2. The molecule has 136 valence electrons. The SMILES string of the molecule is Cc1ccc(-c2ccc(/C=N\NC(=O)c3cccc(Cl)c3)o2)c([N+](=O)[O-])c1. The molecular weight excluding hydrogens is 370 g/mol. The molecule has 0 aliphatic rings. The van der Waals surface area contributed by atoms with Crippen molar-refractivity contribution in [3.05, 3.63) is 86.6 Å². The van der Waals surface area contributed by atoms with Gasteiger partial charge in [-0.05, 0) is 48.9 Å². The molecule has 3 aromatic rings. The molecule has 0 bridgehead atoms. The van der Waals surface area contributed by atoms with E-state index in [0.29, 0.717) is 27.7 Å². The van der Waals surface area contributed by atoms with E-state index in [4.69, 9.17) is 16.0 Å². The molecule has 8 heteroatoms. The van der Waals surface area contributed by atoms with E-state index >= 15 is 0 Å². The molecule has 0 aliphatic heterocycles. The summed E-state index contributed by atoms with van der Waals surface area (Å²) in [6.07, 6.45) is 1.31. The van der Waals surface area contributed by atoms with Gasteiger partial charge in [0.25, 0.3) is 11.6 Å². The quantitative estimate of drug-likeness (QED) is 0.396. The van der Waals surface area contributed by atoms with Crippen molar-refractivity contribution in [2.45, 2.75) is 6.92 Å². The number of hydrogen-bond donors (Lipinski definition) is 1. The average Bonchev–Trinajstić information content (AvgIpc) is 3.10. The Balaban J connectivity index is 1.74. The molecule has 0 radical (unpaired) electrons. The second kappa shape index (κ2) is 7.84. The van der Waals surface area contributed by atoms with E-state index in [0.717, 1.165) is 5.56 Å². The van der Waals surface area contributed by atoms with Gasteiger partial charge in [-0.1, -0.05) is 23.7 Å². The van der Waals surface area contributed by atoms with Gasteiger partial charge < -0.3 is 4.42 Å². The van der Waals surface area contributed by atoms with Crippen molar-refractivity contribution in [1.82, 2.24) is 5.43 Å². The van der Waals surface area contributed by atoms with E-state index in [1.54, 1.807) is 49.4 Å². The molecule has 0 unspecified atom stereocenters. The number of rotatable bonds is 5. The van der Waals surface area contributed by atoms with Gasteiger partial charge in [-0.25, -0.2) is 5.43 Å². The first-order chi connectivity index (χ1) is 12.9. The molecule has 0 saturated carbocycles. The maximum Gasteiger partial charge on any atom is 0.280 e. The molecule has 0 spiro atoms. The smallest absolute Gasteiger partial charge is 0.280 e. The van der Waals surface area contributed by atoms with Crippen LogP contribution in [0.5, 0.6) is 0 Å². The summed E-state index contributed by atoms with van der Waals surface area (Å²) < 4.78 is 5.58. The molecule has 1 heterocycles. The maximum absolute atomic E-state index is 12.0. The summed E-state index contributed by atoms with van der Waals surface area (Å²) in [5.74, 6) is 0.255. The zero-order valence-electron chi connectivity index (χ0n) is 14.2. The second-order valence-electron chi connectivity index (χ2n) is 5.69. The van der Waals surface area contributed by atoms with Crippen molar-refractivity contribution in [3.63, 3.8) is 0 Å². The number of nitro benzene ring substituents is 1. The fourth-order valence-electron chi connectivity index (χ4n) is 2.42. The van der Waals surface area contributed by atoms with Gasteiger partial charge in [-0.2, -0.15) is 5.10 Å². The number of hydrogen-bond acceptors (Lipinski definition) is 5. The van der Waals surface area contributed by atoms with Crippen LogP contribution in [0.2, 0.25) is 5.02 Å². The average molecular weight is 384 g/mol. The Bertz CT molecular complexity index is 1040. The van der Waals surface area contributed by atoms with Crippen molar-refractivity contribution >= 4 is 29.4 Å². The van der Waals surface area contributed by atoms with Crippen LogP contribution in [0.25, 0.3) is 11.3 Å². The molecule has 27 heavy (non-hydrogen) atoms. The Hall–Kier alpha value is -3.45. The first-order valence-electron chi connectivity index (χ1n) is 7.88. The van der Waals surface area contributed by atoms with E-state index in [2.05, 4.69) is 10.5 Å². The number of carbonyl (C=O) groups excluding carboxylic acids is 1. The first kappa shape index (κ1) is 18.3. The minimum Gasteiger partial charge on any atom is -0.455 e. The number of aryl methyl sites for hydroxylation is 1. The monoisotopic (exact) mass is 383 g/mol. The Labute approximate surface area is 159 Å². The number of nitrogens with one attached hydrogen (secondary N) is 1. The summed E-state index contributed by atoms with van der Waals surface area (Å²) >= 11 is 5.84. The van der Waals surface area contributed by atoms with Crippen LogP contribution in [0.3, 0.4) is 0 Å². The molecule has 1 amide bonds. The highest BCUT2D eigenvalue weighted by Gasteiger charge is 2.18. The Morgan fingerprint density at radius 2 is 2.04 bits per heavy atom. The molecule has 2 aromatic carbocycles. The van der Waals surface area contributed by atoms with E-state index in [1.807, 2.05) is 0 Å². The van der Waals surface area contributed by atoms with Crippen LogP contribution in [0.15, 0.2) is 64.1 Å². The summed E-state index contributed by atoms with van der Waals surface area (Å²) in [5.41, 5.74) is 3.84.